The number of carbonyl (C=O) groups excluding carboxylic acids is 1. The zero-order valence-corrected chi connectivity index (χ0v) is 12.7. The Kier molecular flexibility index (Phi) is 5.34. The summed E-state index contributed by atoms with van der Waals surface area (Å²) in [4.78, 5) is 11.8. The fourth-order valence-electron chi connectivity index (χ4n) is 1.75. The largest absolute Gasteiger partial charge is 0.486 e. The van der Waals surface area contributed by atoms with Gasteiger partial charge in [0.05, 0.1) is 5.69 Å². The smallest absolute Gasteiger partial charge is 0.224 e. The molecule has 19 heavy (non-hydrogen) atoms. The van der Waals surface area contributed by atoms with Gasteiger partial charge < -0.3 is 14.8 Å². The number of amides is 1. The first-order valence-corrected chi connectivity index (χ1v) is 7.48. The molecule has 0 radical (unpaired) electrons. The minimum Gasteiger partial charge on any atom is -0.486 e. The topological polar surface area (TPSA) is 47.6 Å². The lowest BCUT2D eigenvalue weighted by atomic mass is 10.2. The van der Waals surface area contributed by atoms with Crippen LogP contribution >= 0.6 is 27.5 Å². The van der Waals surface area contributed by atoms with Gasteiger partial charge in [0.25, 0.3) is 0 Å². The minimum absolute atomic E-state index is 0.0255. The number of rotatable bonds is 5. The number of hydrogen-bond donors (Lipinski definition) is 1. The van der Waals surface area contributed by atoms with Crippen molar-refractivity contribution in [2.75, 3.05) is 24.4 Å². The van der Waals surface area contributed by atoms with E-state index in [9.17, 15) is 4.79 Å². The fourth-order valence-corrected chi connectivity index (χ4v) is 2.36. The molecule has 0 unspecified atom stereocenters. The zero-order chi connectivity index (χ0) is 13.7. The predicted octanol–water partition coefficient (Wildman–Crippen LogP) is 3.57. The van der Waals surface area contributed by atoms with E-state index in [2.05, 4.69) is 21.2 Å². The molecule has 104 valence electrons. The molecule has 4 nitrogen and oxygen atoms in total. The summed E-state index contributed by atoms with van der Waals surface area (Å²) in [7, 11) is 0. The Morgan fingerprint density at radius 2 is 1.95 bits per heavy atom. The van der Waals surface area contributed by atoms with E-state index in [0.29, 0.717) is 42.7 Å². The summed E-state index contributed by atoms with van der Waals surface area (Å²) in [6.45, 7) is 1.07. The molecule has 0 bridgehead atoms. The summed E-state index contributed by atoms with van der Waals surface area (Å²) in [5.74, 6) is 1.91. The first kappa shape index (κ1) is 14.5. The monoisotopic (exact) mass is 347 g/mol. The Morgan fingerprint density at radius 3 is 2.63 bits per heavy atom. The number of fused-ring (bicyclic) bond motifs is 1. The first-order chi connectivity index (χ1) is 9.20. The molecule has 0 spiro atoms. The van der Waals surface area contributed by atoms with Crippen LogP contribution < -0.4 is 14.8 Å². The number of ether oxygens (including phenoxy) is 2. The fraction of sp³-hybridized carbons (Fsp3) is 0.462. The van der Waals surface area contributed by atoms with Crippen LogP contribution in [0.4, 0.5) is 5.69 Å². The van der Waals surface area contributed by atoms with Gasteiger partial charge in [0.2, 0.25) is 5.91 Å². The third-order valence-corrected chi connectivity index (χ3v) is 3.62. The van der Waals surface area contributed by atoms with Gasteiger partial charge in [-0.1, -0.05) is 0 Å². The first-order valence-electron chi connectivity index (χ1n) is 6.15. The van der Waals surface area contributed by atoms with Gasteiger partial charge in [0.1, 0.15) is 13.2 Å². The van der Waals surface area contributed by atoms with Crippen molar-refractivity contribution in [3.05, 3.63) is 16.6 Å². The molecule has 0 aliphatic carbocycles. The Bertz CT molecular complexity index is 467. The maximum absolute atomic E-state index is 11.8. The van der Waals surface area contributed by atoms with Crippen molar-refractivity contribution >= 4 is 39.1 Å². The van der Waals surface area contributed by atoms with Gasteiger partial charge in [-0.05, 0) is 28.8 Å². The van der Waals surface area contributed by atoms with Crippen LogP contribution in [-0.2, 0) is 4.79 Å². The van der Waals surface area contributed by atoms with E-state index in [-0.39, 0.29) is 5.91 Å². The van der Waals surface area contributed by atoms with E-state index in [0.717, 1.165) is 17.3 Å². The number of halogens is 2. The summed E-state index contributed by atoms with van der Waals surface area (Å²) in [6, 6.07) is 3.58. The SMILES string of the molecule is O=C(CCCCCl)Nc1cc2c(cc1Br)OCCO2. The van der Waals surface area contributed by atoms with Crippen LogP contribution in [0.5, 0.6) is 11.5 Å². The molecule has 1 aromatic carbocycles. The molecule has 1 amide bonds. The molecular weight excluding hydrogens is 334 g/mol. The number of benzene rings is 1. The molecule has 0 atom stereocenters. The Hall–Kier alpha value is -0.940. The van der Waals surface area contributed by atoms with E-state index in [4.69, 9.17) is 21.1 Å². The number of alkyl halides is 1. The molecule has 0 fully saturated rings. The summed E-state index contributed by atoms with van der Waals surface area (Å²) >= 11 is 8.99. The molecule has 0 saturated heterocycles. The molecule has 6 heteroatoms. The van der Waals surface area contributed by atoms with E-state index in [1.807, 2.05) is 6.07 Å². The highest BCUT2D eigenvalue weighted by atomic mass is 79.9. The van der Waals surface area contributed by atoms with E-state index >= 15 is 0 Å². The van der Waals surface area contributed by atoms with Gasteiger partial charge in [-0.2, -0.15) is 0 Å². The highest BCUT2D eigenvalue weighted by Crippen LogP contribution is 2.38. The van der Waals surface area contributed by atoms with Crippen molar-refractivity contribution in [2.45, 2.75) is 19.3 Å². The molecule has 2 rings (SSSR count). The highest BCUT2D eigenvalue weighted by Gasteiger charge is 2.15. The number of hydrogen-bond acceptors (Lipinski definition) is 3. The highest BCUT2D eigenvalue weighted by molar-refractivity contribution is 9.10. The molecule has 1 heterocycles. The maximum atomic E-state index is 11.8. The van der Waals surface area contributed by atoms with E-state index in [1.165, 1.54) is 0 Å². The third-order valence-electron chi connectivity index (χ3n) is 2.69. The second kappa shape index (κ2) is 7.01. The van der Waals surface area contributed by atoms with Crippen LogP contribution in [0.25, 0.3) is 0 Å². The van der Waals surface area contributed by atoms with Gasteiger partial charge in [0.15, 0.2) is 11.5 Å². The third kappa shape index (κ3) is 4.01. The van der Waals surface area contributed by atoms with Crippen molar-refractivity contribution in [1.29, 1.82) is 0 Å². The minimum atomic E-state index is -0.0255. The van der Waals surface area contributed by atoms with E-state index in [1.54, 1.807) is 6.07 Å². The molecule has 0 aromatic heterocycles. The normalized spacial score (nSPS) is 13.2. The number of unbranched alkanes of at least 4 members (excludes halogenated alkanes) is 1. The average molecular weight is 349 g/mol. The van der Waals surface area contributed by atoms with Crippen molar-refractivity contribution < 1.29 is 14.3 Å². The van der Waals surface area contributed by atoms with Crippen LogP contribution in [0.1, 0.15) is 19.3 Å². The standard InChI is InChI=1S/C13H15BrClNO3/c14-9-7-11-12(19-6-5-18-11)8-10(9)16-13(17)3-1-2-4-15/h7-8H,1-6H2,(H,16,17). The Labute approximate surface area is 125 Å². The van der Waals surface area contributed by atoms with Crippen molar-refractivity contribution in [3.63, 3.8) is 0 Å². The second-order valence-corrected chi connectivity index (χ2v) is 5.40. The molecule has 1 aliphatic heterocycles. The Balaban J connectivity index is 2.01. The average Bonchev–Trinajstić information content (AvgIpc) is 2.40. The van der Waals surface area contributed by atoms with Gasteiger partial charge in [0, 0.05) is 28.9 Å². The summed E-state index contributed by atoms with van der Waals surface area (Å²) in [6.07, 6.45) is 2.10. The second-order valence-electron chi connectivity index (χ2n) is 4.17. The van der Waals surface area contributed by atoms with Gasteiger partial charge in [-0.25, -0.2) is 0 Å². The predicted molar refractivity (Wildman–Crippen MR) is 78.3 cm³/mol. The number of carbonyl (C=O) groups is 1. The molecular formula is C13H15BrClNO3. The van der Waals surface area contributed by atoms with Gasteiger partial charge >= 0.3 is 0 Å². The van der Waals surface area contributed by atoms with E-state index < -0.39 is 0 Å². The maximum Gasteiger partial charge on any atom is 0.224 e. The van der Waals surface area contributed by atoms with Gasteiger partial charge in [-0.15, -0.1) is 11.6 Å². The molecule has 0 saturated carbocycles. The van der Waals surface area contributed by atoms with Crippen LogP contribution in [0.3, 0.4) is 0 Å². The zero-order valence-electron chi connectivity index (χ0n) is 10.4. The van der Waals surface area contributed by atoms with Crippen molar-refractivity contribution in [1.82, 2.24) is 0 Å². The van der Waals surface area contributed by atoms with Crippen LogP contribution in [0, 0.1) is 0 Å². The lowest BCUT2D eigenvalue weighted by Crippen LogP contribution is -2.16. The quantitative estimate of drug-likeness (QED) is 0.654. The summed E-state index contributed by atoms with van der Waals surface area (Å²) in [5.41, 5.74) is 0.695. The molecule has 1 aliphatic rings. The number of nitrogens with one attached hydrogen (secondary N) is 1. The van der Waals surface area contributed by atoms with Gasteiger partial charge in [-0.3, -0.25) is 4.79 Å². The molecule has 1 N–H and O–H groups in total. The van der Waals surface area contributed by atoms with Crippen molar-refractivity contribution in [3.8, 4) is 11.5 Å². The van der Waals surface area contributed by atoms with Crippen LogP contribution in [0.2, 0.25) is 0 Å². The Morgan fingerprint density at radius 1 is 1.26 bits per heavy atom. The summed E-state index contributed by atoms with van der Waals surface area (Å²) in [5, 5.41) is 2.85. The molecule has 1 aromatic rings. The lowest BCUT2D eigenvalue weighted by Gasteiger charge is -2.20. The lowest BCUT2D eigenvalue weighted by molar-refractivity contribution is -0.116. The van der Waals surface area contributed by atoms with Crippen LogP contribution in [0.15, 0.2) is 16.6 Å². The van der Waals surface area contributed by atoms with Crippen LogP contribution in [-0.4, -0.2) is 25.0 Å². The number of anilines is 1. The van der Waals surface area contributed by atoms with Crippen molar-refractivity contribution in [2.24, 2.45) is 0 Å². The summed E-state index contributed by atoms with van der Waals surface area (Å²) < 4.78 is 11.7.